The van der Waals surface area contributed by atoms with E-state index in [1.807, 2.05) is 30.3 Å². The molecule has 0 atom stereocenters. The van der Waals surface area contributed by atoms with Crippen LogP contribution in [0.25, 0.3) is 5.57 Å². The molecule has 0 heterocycles. The number of rotatable bonds is 3. The fourth-order valence-electron chi connectivity index (χ4n) is 1.24. The second-order valence-corrected chi connectivity index (χ2v) is 3.21. The minimum atomic E-state index is 0.0891. The minimum absolute atomic E-state index is 0.0891. The molecule has 0 aliphatic rings. The zero-order chi connectivity index (χ0) is 9.68. The summed E-state index contributed by atoms with van der Waals surface area (Å²) < 4.78 is 0. The second-order valence-electron chi connectivity index (χ2n) is 2.77. The molecule has 0 fully saturated rings. The first-order valence-corrected chi connectivity index (χ1v) is 4.71. The quantitative estimate of drug-likeness (QED) is 0.788. The normalized spacial score (nSPS) is 11.8. The Morgan fingerprint density at radius 1 is 1.38 bits per heavy atom. The standard InChI is InChI=1S/C11H13ClO/c1-2-9(7-8-13)10-3-5-11(12)6-4-10/h3-7,13H,2,8H2,1H3/b9-7-. The second kappa shape index (κ2) is 5.05. The summed E-state index contributed by atoms with van der Waals surface area (Å²) in [6.45, 7) is 2.15. The van der Waals surface area contributed by atoms with Gasteiger partial charge in [-0.25, -0.2) is 0 Å². The van der Waals surface area contributed by atoms with E-state index in [0.29, 0.717) is 0 Å². The number of hydrogen-bond acceptors (Lipinski definition) is 1. The fourth-order valence-corrected chi connectivity index (χ4v) is 1.37. The lowest BCUT2D eigenvalue weighted by Crippen LogP contribution is -1.84. The lowest BCUT2D eigenvalue weighted by Gasteiger charge is -2.03. The lowest BCUT2D eigenvalue weighted by atomic mass is 10.0. The van der Waals surface area contributed by atoms with Crippen molar-refractivity contribution in [3.8, 4) is 0 Å². The van der Waals surface area contributed by atoms with Gasteiger partial charge in [0.15, 0.2) is 0 Å². The Morgan fingerprint density at radius 2 is 2.00 bits per heavy atom. The maximum absolute atomic E-state index is 8.78. The first-order chi connectivity index (χ1) is 6.27. The first-order valence-electron chi connectivity index (χ1n) is 4.33. The SMILES string of the molecule is CC/C(=C/CO)c1ccc(Cl)cc1. The van der Waals surface area contributed by atoms with E-state index >= 15 is 0 Å². The number of halogens is 1. The summed E-state index contributed by atoms with van der Waals surface area (Å²) in [4.78, 5) is 0. The van der Waals surface area contributed by atoms with Crippen molar-refractivity contribution in [2.45, 2.75) is 13.3 Å². The third-order valence-electron chi connectivity index (χ3n) is 1.93. The number of aliphatic hydroxyl groups is 1. The van der Waals surface area contributed by atoms with Crippen molar-refractivity contribution in [2.24, 2.45) is 0 Å². The predicted octanol–water partition coefficient (Wildman–Crippen LogP) is 3.13. The van der Waals surface area contributed by atoms with Gasteiger partial charge in [0.1, 0.15) is 0 Å². The number of allylic oxidation sites excluding steroid dienone is 1. The molecule has 1 N–H and O–H groups in total. The highest BCUT2D eigenvalue weighted by atomic mass is 35.5. The molecule has 1 nitrogen and oxygen atoms in total. The van der Waals surface area contributed by atoms with Gasteiger partial charge in [-0.15, -0.1) is 0 Å². The van der Waals surface area contributed by atoms with Gasteiger partial charge < -0.3 is 5.11 Å². The third-order valence-corrected chi connectivity index (χ3v) is 2.19. The van der Waals surface area contributed by atoms with Crippen LogP contribution >= 0.6 is 11.6 Å². The summed E-state index contributed by atoms with van der Waals surface area (Å²) in [5.41, 5.74) is 2.28. The molecular formula is C11H13ClO. The van der Waals surface area contributed by atoms with E-state index in [0.717, 1.165) is 22.6 Å². The van der Waals surface area contributed by atoms with Gasteiger partial charge >= 0.3 is 0 Å². The van der Waals surface area contributed by atoms with Crippen LogP contribution in [0.4, 0.5) is 0 Å². The number of benzene rings is 1. The van der Waals surface area contributed by atoms with Crippen LogP contribution in [0.5, 0.6) is 0 Å². The van der Waals surface area contributed by atoms with E-state index < -0.39 is 0 Å². The van der Waals surface area contributed by atoms with Crippen molar-refractivity contribution in [1.29, 1.82) is 0 Å². The molecule has 1 aromatic rings. The molecule has 0 unspecified atom stereocenters. The van der Waals surface area contributed by atoms with Gasteiger partial charge in [0.25, 0.3) is 0 Å². The van der Waals surface area contributed by atoms with Crippen LogP contribution in [0.2, 0.25) is 5.02 Å². The largest absolute Gasteiger partial charge is 0.392 e. The maximum atomic E-state index is 8.78. The molecule has 0 aromatic heterocycles. The summed E-state index contributed by atoms with van der Waals surface area (Å²) >= 11 is 5.77. The van der Waals surface area contributed by atoms with E-state index in [9.17, 15) is 0 Å². The molecule has 2 heteroatoms. The van der Waals surface area contributed by atoms with Gasteiger partial charge in [-0.1, -0.05) is 36.7 Å². The van der Waals surface area contributed by atoms with E-state index in [-0.39, 0.29) is 6.61 Å². The Hall–Kier alpha value is -0.790. The van der Waals surface area contributed by atoms with Crippen LogP contribution in [-0.4, -0.2) is 11.7 Å². The molecule has 0 saturated carbocycles. The average Bonchev–Trinajstić information content (AvgIpc) is 2.16. The Labute approximate surface area is 83.7 Å². The molecule has 1 rings (SSSR count). The van der Waals surface area contributed by atoms with Crippen molar-refractivity contribution < 1.29 is 5.11 Å². The van der Waals surface area contributed by atoms with Crippen molar-refractivity contribution in [3.63, 3.8) is 0 Å². The van der Waals surface area contributed by atoms with Gasteiger partial charge in [-0.2, -0.15) is 0 Å². The average molecular weight is 197 g/mol. The summed E-state index contributed by atoms with van der Waals surface area (Å²) in [5, 5.41) is 9.52. The highest BCUT2D eigenvalue weighted by Crippen LogP contribution is 2.19. The topological polar surface area (TPSA) is 20.2 Å². The zero-order valence-corrected chi connectivity index (χ0v) is 8.38. The van der Waals surface area contributed by atoms with Crippen LogP contribution in [0.1, 0.15) is 18.9 Å². The van der Waals surface area contributed by atoms with Crippen molar-refractivity contribution in [1.82, 2.24) is 0 Å². The smallest absolute Gasteiger partial charge is 0.0618 e. The molecule has 0 aliphatic heterocycles. The summed E-state index contributed by atoms with van der Waals surface area (Å²) in [7, 11) is 0. The molecular weight excluding hydrogens is 184 g/mol. The molecule has 1 aromatic carbocycles. The van der Waals surface area contributed by atoms with E-state index in [1.54, 1.807) is 0 Å². The zero-order valence-electron chi connectivity index (χ0n) is 7.63. The number of hydrogen-bond donors (Lipinski definition) is 1. The van der Waals surface area contributed by atoms with Gasteiger partial charge in [0, 0.05) is 5.02 Å². The highest BCUT2D eigenvalue weighted by Gasteiger charge is 1.97. The van der Waals surface area contributed by atoms with Gasteiger partial charge in [0.05, 0.1) is 6.61 Å². The van der Waals surface area contributed by atoms with Crippen LogP contribution in [0.3, 0.4) is 0 Å². The number of aliphatic hydroxyl groups excluding tert-OH is 1. The third kappa shape index (κ3) is 2.87. The molecule has 0 aliphatic carbocycles. The Balaban J connectivity index is 2.92. The lowest BCUT2D eigenvalue weighted by molar-refractivity contribution is 0.343. The highest BCUT2D eigenvalue weighted by molar-refractivity contribution is 6.30. The Morgan fingerprint density at radius 3 is 2.46 bits per heavy atom. The van der Waals surface area contributed by atoms with Gasteiger partial charge in [-0.3, -0.25) is 0 Å². The van der Waals surface area contributed by atoms with Crippen molar-refractivity contribution >= 4 is 17.2 Å². The van der Waals surface area contributed by atoms with Crippen LogP contribution in [-0.2, 0) is 0 Å². The Kier molecular flexibility index (Phi) is 4.00. The van der Waals surface area contributed by atoms with Crippen LogP contribution in [0.15, 0.2) is 30.3 Å². The van der Waals surface area contributed by atoms with Crippen molar-refractivity contribution in [2.75, 3.05) is 6.61 Å². The molecule has 70 valence electrons. The van der Waals surface area contributed by atoms with Gasteiger partial charge in [0.2, 0.25) is 0 Å². The molecule has 0 saturated heterocycles. The van der Waals surface area contributed by atoms with E-state index in [1.165, 1.54) is 0 Å². The first kappa shape index (κ1) is 10.3. The fraction of sp³-hybridized carbons (Fsp3) is 0.273. The van der Waals surface area contributed by atoms with Crippen LogP contribution < -0.4 is 0 Å². The minimum Gasteiger partial charge on any atom is -0.392 e. The predicted molar refractivity (Wildman–Crippen MR) is 56.8 cm³/mol. The van der Waals surface area contributed by atoms with Crippen LogP contribution in [0, 0.1) is 0 Å². The van der Waals surface area contributed by atoms with E-state index in [2.05, 4.69) is 6.92 Å². The Bertz CT molecular complexity index is 287. The van der Waals surface area contributed by atoms with Crippen molar-refractivity contribution in [3.05, 3.63) is 40.9 Å². The maximum Gasteiger partial charge on any atom is 0.0618 e. The molecule has 13 heavy (non-hydrogen) atoms. The summed E-state index contributed by atoms with van der Waals surface area (Å²) in [6.07, 6.45) is 2.74. The van der Waals surface area contributed by atoms with E-state index in [4.69, 9.17) is 16.7 Å². The molecule has 0 amide bonds. The monoisotopic (exact) mass is 196 g/mol. The summed E-state index contributed by atoms with van der Waals surface area (Å²) in [6, 6.07) is 7.65. The summed E-state index contributed by atoms with van der Waals surface area (Å²) in [5.74, 6) is 0. The van der Waals surface area contributed by atoms with Gasteiger partial charge in [-0.05, 0) is 29.7 Å². The molecule has 0 radical (unpaired) electrons. The molecule has 0 spiro atoms. The molecule has 0 bridgehead atoms.